The van der Waals surface area contributed by atoms with E-state index in [0.717, 1.165) is 17.0 Å². The van der Waals surface area contributed by atoms with Gasteiger partial charge in [-0.15, -0.1) is 0 Å². The smallest absolute Gasteiger partial charge is 0.239 e. The summed E-state index contributed by atoms with van der Waals surface area (Å²) in [5, 5.41) is 3.09. The van der Waals surface area contributed by atoms with Gasteiger partial charge in [0.2, 0.25) is 5.91 Å². The number of aryl methyl sites for hydroxylation is 2. The zero-order valence-corrected chi connectivity index (χ0v) is 12.1. The van der Waals surface area contributed by atoms with E-state index < -0.39 is 11.9 Å². The van der Waals surface area contributed by atoms with E-state index in [1.54, 1.807) is 12.1 Å². The lowest BCUT2D eigenvalue weighted by Crippen LogP contribution is -2.33. The Labute approximate surface area is 123 Å². The summed E-state index contributed by atoms with van der Waals surface area (Å²) in [4.78, 5) is 16.0. The third kappa shape index (κ3) is 3.86. The van der Waals surface area contributed by atoms with Crippen molar-refractivity contribution in [2.75, 3.05) is 0 Å². The molecular weight excluding hydrogens is 269 g/mol. The van der Waals surface area contributed by atoms with Gasteiger partial charge in [-0.25, -0.2) is 4.39 Å². The van der Waals surface area contributed by atoms with Crippen LogP contribution in [0, 0.1) is 19.7 Å². The van der Waals surface area contributed by atoms with E-state index in [1.807, 2.05) is 26.0 Å². The molecule has 1 aromatic heterocycles. The largest absolute Gasteiger partial charge is 0.368 e. The van der Waals surface area contributed by atoms with E-state index in [9.17, 15) is 9.18 Å². The van der Waals surface area contributed by atoms with E-state index in [1.165, 1.54) is 12.1 Å². The summed E-state index contributed by atoms with van der Waals surface area (Å²) in [5.74, 6) is -0.847. The summed E-state index contributed by atoms with van der Waals surface area (Å²) in [6, 6.07) is 8.95. The minimum atomic E-state index is -0.661. The molecule has 5 heteroatoms. The number of aromatic nitrogens is 1. The molecule has 1 aromatic carbocycles. The van der Waals surface area contributed by atoms with Crippen molar-refractivity contribution in [2.24, 2.45) is 5.73 Å². The first-order chi connectivity index (χ1) is 9.97. The van der Waals surface area contributed by atoms with Crippen molar-refractivity contribution < 1.29 is 9.18 Å². The second-order valence-corrected chi connectivity index (χ2v) is 4.97. The van der Waals surface area contributed by atoms with Crippen molar-refractivity contribution >= 4 is 5.91 Å². The molecule has 0 fully saturated rings. The fraction of sp³-hybridized carbons (Fsp3) is 0.250. The summed E-state index contributed by atoms with van der Waals surface area (Å²) in [5.41, 5.74) is 8.91. The van der Waals surface area contributed by atoms with Gasteiger partial charge in [0, 0.05) is 17.9 Å². The molecule has 110 valence electrons. The molecule has 2 rings (SSSR count). The van der Waals surface area contributed by atoms with Crippen LogP contribution in [0.3, 0.4) is 0 Å². The number of amides is 1. The third-order valence-corrected chi connectivity index (χ3v) is 3.32. The van der Waals surface area contributed by atoms with Crippen LogP contribution in [-0.2, 0) is 11.3 Å². The maximum Gasteiger partial charge on any atom is 0.239 e. The molecule has 0 bridgehead atoms. The molecule has 21 heavy (non-hydrogen) atoms. The topological polar surface area (TPSA) is 68.0 Å². The van der Waals surface area contributed by atoms with Gasteiger partial charge in [-0.05, 0) is 43.2 Å². The fourth-order valence-electron chi connectivity index (χ4n) is 2.15. The zero-order valence-electron chi connectivity index (χ0n) is 12.1. The van der Waals surface area contributed by atoms with Gasteiger partial charge in [0.25, 0.3) is 0 Å². The molecule has 0 spiro atoms. The number of nitrogens with two attached hydrogens (primary N) is 1. The standard InChI is InChI=1S/C16H18FN3O/c1-10-3-4-13(11(2)20-10)9-19-15(16(18)21)12-5-7-14(17)8-6-12/h3-8,15,19H,9H2,1-2H3,(H2,18,21). The number of carbonyl (C=O) groups is 1. The van der Waals surface area contributed by atoms with Crippen molar-refractivity contribution in [1.29, 1.82) is 0 Å². The quantitative estimate of drug-likeness (QED) is 0.885. The average Bonchev–Trinajstić information content (AvgIpc) is 2.42. The van der Waals surface area contributed by atoms with Gasteiger partial charge in [-0.1, -0.05) is 18.2 Å². The number of halogens is 1. The SMILES string of the molecule is Cc1ccc(CNC(C(N)=O)c2ccc(F)cc2)c(C)n1. The lowest BCUT2D eigenvalue weighted by molar-refractivity contribution is -0.120. The summed E-state index contributed by atoms with van der Waals surface area (Å²) >= 11 is 0. The number of hydrogen-bond acceptors (Lipinski definition) is 3. The van der Waals surface area contributed by atoms with Crippen LogP contribution in [0.25, 0.3) is 0 Å². The predicted octanol–water partition coefficient (Wildman–Crippen LogP) is 2.15. The predicted molar refractivity (Wildman–Crippen MR) is 78.9 cm³/mol. The Hall–Kier alpha value is -2.27. The highest BCUT2D eigenvalue weighted by atomic mass is 19.1. The number of hydrogen-bond donors (Lipinski definition) is 2. The number of benzene rings is 1. The third-order valence-electron chi connectivity index (χ3n) is 3.32. The molecule has 1 heterocycles. The van der Waals surface area contributed by atoms with Crippen LogP contribution < -0.4 is 11.1 Å². The number of primary amides is 1. The summed E-state index contributed by atoms with van der Waals surface area (Å²) in [7, 11) is 0. The summed E-state index contributed by atoms with van der Waals surface area (Å²) < 4.78 is 12.9. The number of pyridine rings is 1. The highest BCUT2D eigenvalue weighted by molar-refractivity contribution is 5.81. The van der Waals surface area contributed by atoms with Crippen LogP contribution >= 0.6 is 0 Å². The summed E-state index contributed by atoms with van der Waals surface area (Å²) in [6.07, 6.45) is 0. The normalized spacial score (nSPS) is 12.1. The molecule has 0 saturated carbocycles. The number of nitrogens with zero attached hydrogens (tertiary/aromatic N) is 1. The van der Waals surface area contributed by atoms with Gasteiger partial charge in [0.15, 0.2) is 0 Å². The molecule has 0 radical (unpaired) electrons. The molecule has 2 aromatic rings. The van der Waals surface area contributed by atoms with Crippen LogP contribution in [0.5, 0.6) is 0 Å². The minimum absolute atomic E-state index is 0.347. The molecule has 1 unspecified atom stereocenters. The monoisotopic (exact) mass is 287 g/mol. The highest BCUT2D eigenvalue weighted by Gasteiger charge is 2.17. The van der Waals surface area contributed by atoms with Gasteiger partial charge in [-0.3, -0.25) is 15.1 Å². The lowest BCUT2D eigenvalue weighted by atomic mass is 10.1. The van der Waals surface area contributed by atoms with Crippen molar-refractivity contribution in [3.05, 3.63) is 64.7 Å². The van der Waals surface area contributed by atoms with Crippen molar-refractivity contribution in [2.45, 2.75) is 26.4 Å². The van der Waals surface area contributed by atoms with Crippen molar-refractivity contribution in [3.8, 4) is 0 Å². The minimum Gasteiger partial charge on any atom is -0.368 e. The maximum absolute atomic E-state index is 12.9. The lowest BCUT2D eigenvalue weighted by Gasteiger charge is -2.16. The van der Waals surface area contributed by atoms with Crippen LogP contribution in [0.1, 0.15) is 28.6 Å². The molecule has 1 atom stereocenters. The second kappa shape index (κ2) is 6.45. The number of carbonyl (C=O) groups excluding carboxylic acids is 1. The molecule has 0 aliphatic heterocycles. The Kier molecular flexibility index (Phi) is 4.65. The van der Waals surface area contributed by atoms with Gasteiger partial charge < -0.3 is 5.73 Å². The Morgan fingerprint density at radius 3 is 2.48 bits per heavy atom. The van der Waals surface area contributed by atoms with Crippen LogP contribution in [0.2, 0.25) is 0 Å². The average molecular weight is 287 g/mol. The Balaban J connectivity index is 2.14. The molecule has 3 N–H and O–H groups in total. The van der Waals surface area contributed by atoms with Crippen LogP contribution in [-0.4, -0.2) is 10.9 Å². The molecule has 1 amide bonds. The molecule has 0 aliphatic rings. The van der Waals surface area contributed by atoms with Gasteiger partial charge in [-0.2, -0.15) is 0 Å². The maximum atomic E-state index is 12.9. The molecular formula is C16H18FN3O. The molecule has 0 aliphatic carbocycles. The van der Waals surface area contributed by atoms with Gasteiger partial charge in [0.1, 0.15) is 11.9 Å². The Morgan fingerprint density at radius 1 is 1.24 bits per heavy atom. The van der Waals surface area contributed by atoms with E-state index in [4.69, 9.17) is 5.73 Å². The first kappa shape index (κ1) is 15.1. The Morgan fingerprint density at radius 2 is 1.90 bits per heavy atom. The highest BCUT2D eigenvalue weighted by Crippen LogP contribution is 2.15. The summed E-state index contributed by atoms with van der Waals surface area (Å²) in [6.45, 7) is 4.31. The van der Waals surface area contributed by atoms with E-state index in [-0.39, 0.29) is 5.82 Å². The molecule has 4 nitrogen and oxygen atoms in total. The van der Waals surface area contributed by atoms with Crippen molar-refractivity contribution in [1.82, 2.24) is 10.3 Å². The van der Waals surface area contributed by atoms with E-state index in [2.05, 4.69) is 10.3 Å². The first-order valence-electron chi connectivity index (χ1n) is 6.68. The first-order valence-corrected chi connectivity index (χ1v) is 6.68. The fourth-order valence-corrected chi connectivity index (χ4v) is 2.15. The number of nitrogens with one attached hydrogen (secondary N) is 1. The van der Waals surface area contributed by atoms with Crippen molar-refractivity contribution in [3.63, 3.8) is 0 Å². The van der Waals surface area contributed by atoms with Crippen LogP contribution in [0.15, 0.2) is 36.4 Å². The van der Waals surface area contributed by atoms with Gasteiger partial charge in [0.05, 0.1) is 0 Å². The van der Waals surface area contributed by atoms with Crippen LogP contribution in [0.4, 0.5) is 4.39 Å². The zero-order chi connectivity index (χ0) is 15.4. The van der Waals surface area contributed by atoms with E-state index in [0.29, 0.717) is 12.1 Å². The molecule has 0 saturated heterocycles. The second-order valence-electron chi connectivity index (χ2n) is 4.97. The Bertz CT molecular complexity index is 640. The van der Waals surface area contributed by atoms with Gasteiger partial charge >= 0.3 is 0 Å². The number of rotatable bonds is 5. The van der Waals surface area contributed by atoms with E-state index >= 15 is 0 Å².